The zero-order valence-corrected chi connectivity index (χ0v) is 9.89. The summed E-state index contributed by atoms with van der Waals surface area (Å²) in [6.45, 7) is 1.05. The Kier molecular flexibility index (Phi) is 2.79. The van der Waals surface area contributed by atoms with Crippen molar-refractivity contribution in [1.82, 2.24) is 9.97 Å². The number of aromatic nitrogens is 2. The number of hydrogen-bond donors (Lipinski definition) is 2. The van der Waals surface area contributed by atoms with E-state index in [-0.39, 0.29) is 11.8 Å². The molecule has 0 spiro atoms. The molecule has 0 unspecified atom stereocenters. The topological polar surface area (TPSA) is 82.3 Å². The van der Waals surface area contributed by atoms with E-state index < -0.39 is 5.82 Å². The molecule has 0 radical (unpaired) electrons. The molecule has 1 aromatic heterocycles. The SMILES string of the molecule is Nc1nc(Nc2ccc3c(c2)OCCO3)ncc1F. The van der Waals surface area contributed by atoms with E-state index in [0.29, 0.717) is 30.4 Å². The molecular formula is C12H11FN4O2. The van der Waals surface area contributed by atoms with Gasteiger partial charge in [-0.25, -0.2) is 9.37 Å². The van der Waals surface area contributed by atoms with E-state index in [1.807, 2.05) is 0 Å². The zero-order valence-electron chi connectivity index (χ0n) is 9.89. The van der Waals surface area contributed by atoms with Crippen LogP contribution in [0.1, 0.15) is 0 Å². The number of anilines is 3. The van der Waals surface area contributed by atoms with Crippen LogP contribution < -0.4 is 20.5 Å². The summed E-state index contributed by atoms with van der Waals surface area (Å²) >= 11 is 0. The van der Waals surface area contributed by atoms with Gasteiger partial charge in [-0.05, 0) is 12.1 Å². The summed E-state index contributed by atoms with van der Waals surface area (Å²) in [5.41, 5.74) is 6.08. The molecule has 2 heterocycles. The van der Waals surface area contributed by atoms with Crippen LogP contribution in [-0.4, -0.2) is 23.2 Å². The highest BCUT2D eigenvalue weighted by Crippen LogP contribution is 2.33. The highest BCUT2D eigenvalue weighted by Gasteiger charge is 2.12. The van der Waals surface area contributed by atoms with Gasteiger partial charge in [-0.1, -0.05) is 0 Å². The van der Waals surface area contributed by atoms with Crippen LogP contribution in [0.25, 0.3) is 0 Å². The van der Waals surface area contributed by atoms with Crippen LogP contribution >= 0.6 is 0 Å². The van der Waals surface area contributed by atoms with Gasteiger partial charge in [-0.2, -0.15) is 4.98 Å². The van der Waals surface area contributed by atoms with Gasteiger partial charge in [0.2, 0.25) is 5.95 Å². The second-order valence-corrected chi connectivity index (χ2v) is 3.91. The molecule has 0 bridgehead atoms. The molecule has 3 N–H and O–H groups in total. The van der Waals surface area contributed by atoms with Gasteiger partial charge in [-0.3, -0.25) is 0 Å². The van der Waals surface area contributed by atoms with Crippen LogP contribution in [0.15, 0.2) is 24.4 Å². The average molecular weight is 262 g/mol. The van der Waals surface area contributed by atoms with Crippen molar-refractivity contribution in [1.29, 1.82) is 0 Å². The first-order valence-corrected chi connectivity index (χ1v) is 5.67. The fourth-order valence-electron chi connectivity index (χ4n) is 1.69. The van der Waals surface area contributed by atoms with Gasteiger partial charge < -0.3 is 20.5 Å². The third-order valence-corrected chi connectivity index (χ3v) is 2.57. The Bertz CT molecular complexity index is 621. The molecule has 0 saturated heterocycles. The van der Waals surface area contributed by atoms with Crippen molar-refractivity contribution in [2.75, 3.05) is 24.3 Å². The summed E-state index contributed by atoms with van der Waals surface area (Å²) in [7, 11) is 0. The predicted molar refractivity (Wildman–Crippen MR) is 67.1 cm³/mol. The maximum absolute atomic E-state index is 12.9. The summed E-state index contributed by atoms with van der Waals surface area (Å²) in [6, 6.07) is 5.33. The van der Waals surface area contributed by atoms with Crippen molar-refractivity contribution in [3.05, 3.63) is 30.2 Å². The molecule has 0 fully saturated rings. The zero-order chi connectivity index (χ0) is 13.2. The van der Waals surface area contributed by atoms with E-state index in [0.717, 1.165) is 6.20 Å². The largest absolute Gasteiger partial charge is 0.486 e. The molecule has 0 aliphatic carbocycles. The standard InChI is InChI=1S/C12H11FN4O2/c13-8-6-15-12(17-11(8)14)16-7-1-2-9-10(5-7)19-4-3-18-9/h1-2,5-6H,3-4H2,(H3,14,15,16,17). The van der Waals surface area contributed by atoms with Crippen LogP contribution in [0.5, 0.6) is 11.5 Å². The predicted octanol–water partition coefficient (Wildman–Crippen LogP) is 1.71. The minimum absolute atomic E-state index is 0.199. The number of fused-ring (bicyclic) bond motifs is 1. The summed E-state index contributed by atoms with van der Waals surface area (Å²) in [5.74, 6) is 0.709. The minimum Gasteiger partial charge on any atom is -0.486 e. The van der Waals surface area contributed by atoms with Crippen LogP contribution in [0.3, 0.4) is 0 Å². The van der Waals surface area contributed by atoms with Crippen molar-refractivity contribution in [3.8, 4) is 11.5 Å². The van der Waals surface area contributed by atoms with Crippen LogP contribution in [0.2, 0.25) is 0 Å². The van der Waals surface area contributed by atoms with E-state index in [1.165, 1.54) is 0 Å². The summed E-state index contributed by atoms with van der Waals surface area (Å²) < 4.78 is 23.8. The molecular weight excluding hydrogens is 251 g/mol. The second-order valence-electron chi connectivity index (χ2n) is 3.91. The Labute approximate surface area is 108 Å². The number of hydrogen-bond acceptors (Lipinski definition) is 6. The Morgan fingerprint density at radius 1 is 1.21 bits per heavy atom. The molecule has 6 nitrogen and oxygen atoms in total. The number of nitrogens with two attached hydrogens (primary N) is 1. The first-order chi connectivity index (χ1) is 9.22. The van der Waals surface area contributed by atoms with E-state index in [9.17, 15) is 4.39 Å². The Balaban J connectivity index is 1.84. The van der Waals surface area contributed by atoms with Crippen LogP contribution in [-0.2, 0) is 0 Å². The summed E-state index contributed by atoms with van der Waals surface area (Å²) in [4.78, 5) is 7.59. The highest BCUT2D eigenvalue weighted by atomic mass is 19.1. The van der Waals surface area contributed by atoms with Crippen molar-refractivity contribution in [3.63, 3.8) is 0 Å². The fraction of sp³-hybridized carbons (Fsp3) is 0.167. The van der Waals surface area contributed by atoms with Gasteiger partial charge >= 0.3 is 0 Å². The first kappa shape index (κ1) is 11.5. The lowest BCUT2D eigenvalue weighted by molar-refractivity contribution is 0.171. The third kappa shape index (κ3) is 2.35. The molecule has 98 valence electrons. The highest BCUT2D eigenvalue weighted by molar-refractivity contribution is 5.60. The van der Waals surface area contributed by atoms with Gasteiger partial charge in [0.15, 0.2) is 23.1 Å². The number of ether oxygens (including phenoxy) is 2. The summed E-state index contributed by atoms with van der Waals surface area (Å²) in [6.07, 6.45) is 1.02. The maximum Gasteiger partial charge on any atom is 0.229 e. The van der Waals surface area contributed by atoms with E-state index in [2.05, 4.69) is 15.3 Å². The number of rotatable bonds is 2. The Hall–Kier alpha value is -2.57. The van der Waals surface area contributed by atoms with E-state index >= 15 is 0 Å². The van der Waals surface area contributed by atoms with E-state index in [4.69, 9.17) is 15.2 Å². The smallest absolute Gasteiger partial charge is 0.229 e. The van der Waals surface area contributed by atoms with E-state index in [1.54, 1.807) is 18.2 Å². The molecule has 0 amide bonds. The molecule has 1 aliphatic rings. The molecule has 0 atom stereocenters. The van der Waals surface area contributed by atoms with Crippen molar-refractivity contribution >= 4 is 17.5 Å². The molecule has 7 heteroatoms. The first-order valence-electron chi connectivity index (χ1n) is 5.67. The van der Waals surface area contributed by atoms with Gasteiger partial charge in [0.25, 0.3) is 0 Å². The number of nitrogen functional groups attached to an aromatic ring is 1. The van der Waals surface area contributed by atoms with Crippen molar-refractivity contribution in [2.24, 2.45) is 0 Å². The molecule has 1 aliphatic heterocycles. The van der Waals surface area contributed by atoms with Crippen LogP contribution in [0, 0.1) is 5.82 Å². The molecule has 3 rings (SSSR count). The monoisotopic (exact) mass is 262 g/mol. The summed E-state index contributed by atoms with van der Waals surface area (Å²) in [5, 5.41) is 2.92. The minimum atomic E-state index is -0.646. The lowest BCUT2D eigenvalue weighted by Gasteiger charge is -2.19. The maximum atomic E-state index is 12.9. The van der Waals surface area contributed by atoms with Gasteiger partial charge in [0.1, 0.15) is 13.2 Å². The number of benzene rings is 1. The Morgan fingerprint density at radius 2 is 2.00 bits per heavy atom. The quantitative estimate of drug-likeness (QED) is 0.857. The van der Waals surface area contributed by atoms with Gasteiger partial charge in [-0.15, -0.1) is 0 Å². The van der Waals surface area contributed by atoms with Gasteiger partial charge in [0.05, 0.1) is 6.20 Å². The van der Waals surface area contributed by atoms with Crippen LogP contribution in [0.4, 0.5) is 21.8 Å². The van der Waals surface area contributed by atoms with Gasteiger partial charge in [0, 0.05) is 11.8 Å². The fourth-order valence-corrected chi connectivity index (χ4v) is 1.69. The Morgan fingerprint density at radius 3 is 2.79 bits per heavy atom. The number of nitrogens with zero attached hydrogens (tertiary/aromatic N) is 2. The third-order valence-electron chi connectivity index (χ3n) is 2.57. The molecule has 1 aromatic carbocycles. The van der Waals surface area contributed by atoms with Crippen molar-refractivity contribution < 1.29 is 13.9 Å². The molecule has 0 saturated carbocycles. The normalized spacial score (nSPS) is 13.1. The number of halogens is 1. The lowest BCUT2D eigenvalue weighted by Crippen LogP contribution is -2.15. The second kappa shape index (κ2) is 4.60. The number of nitrogens with one attached hydrogen (secondary N) is 1. The molecule has 2 aromatic rings. The van der Waals surface area contributed by atoms with Crippen molar-refractivity contribution in [2.45, 2.75) is 0 Å². The molecule has 19 heavy (non-hydrogen) atoms. The lowest BCUT2D eigenvalue weighted by atomic mass is 10.2. The average Bonchev–Trinajstić information content (AvgIpc) is 2.43.